The van der Waals surface area contributed by atoms with Crippen LogP contribution in [0.25, 0.3) is 10.9 Å². The predicted molar refractivity (Wildman–Crippen MR) is 82.2 cm³/mol. The van der Waals surface area contributed by atoms with Crippen LogP contribution in [0, 0.1) is 6.92 Å². The number of aromatic nitrogens is 1. The molecule has 3 rings (SSSR count). The molecule has 1 aromatic heterocycles. The summed E-state index contributed by atoms with van der Waals surface area (Å²) in [4.78, 5) is 11.8. The van der Waals surface area contributed by atoms with Gasteiger partial charge in [-0.05, 0) is 25.5 Å². The second-order valence-corrected chi connectivity index (χ2v) is 5.23. The van der Waals surface area contributed by atoms with Crippen molar-refractivity contribution in [3.8, 4) is 0 Å². The minimum atomic E-state index is 0.115. The molecule has 0 saturated carbocycles. The first-order valence-corrected chi connectivity index (χ1v) is 6.79. The van der Waals surface area contributed by atoms with E-state index in [2.05, 4.69) is 41.8 Å². The highest BCUT2D eigenvalue weighted by molar-refractivity contribution is 6.06. The van der Waals surface area contributed by atoms with Crippen LogP contribution in [0.2, 0.25) is 0 Å². The van der Waals surface area contributed by atoms with Crippen molar-refractivity contribution >= 4 is 16.7 Å². The standard InChI is InChI=1S/C18H17NO/c1-13-6-5-7-15(10-13)11-19-12-17(14(2)20)16-8-3-4-9-18(16)19/h3-10,12H,11H2,1-2H3. The summed E-state index contributed by atoms with van der Waals surface area (Å²) in [5.41, 5.74) is 4.42. The Labute approximate surface area is 118 Å². The van der Waals surface area contributed by atoms with Gasteiger partial charge >= 0.3 is 0 Å². The average molecular weight is 263 g/mol. The van der Waals surface area contributed by atoms with E-state index < -0.39 is 0 Å². The summed E-state index contributed by atoms with van der Waals surface area (Å²) >= 11 is 0. The molecule has 0 radical (unpaired) electrons. The maximum atomic E-state index is 11.8. The molecule has 2 heteroatoms. The van der Waals surface area contributed by atoms with Crippen LogP contribution >= 0.6 is 0 Å². The zero-order valence-corrected chi connectivity index (χ0v) is 11.8. The Bertz CT molecular complexity index is 783. The Morgan fingerprint density at radius 3 is 2.65 bits per heavy atom. The first-order valence-electron chi connectivity index (χ1n) is 6.79. The van der Waals surface area contributed by atoms with Crippen molar-refractivity contribution in [2.45, 2.75) is 20.4 Å². The Morgan fingerprint density at radius 2 is 1.90 bits per heavy atom. The van der Waals surface area contributed by atoms with E-state index in [1.165, 1.54) is 11.1 Å². The first-order chi connectivity index (χ1) is 9.65. The lowest BCUT2D eigenvalue weighted by Crippen LogP contribution is -1.98. The number of carbonyl (C=O) groups is 1. The number of Topliss-reactive ketones (excluding diaryl/α,β-unsaturated/α-hetero) is 1. The smallest absolute Gasteiger partial charge is 0.161 e. The summed E-state index contributed by atoms with van der Waals surface area (Å²) < 4.78 is 2.15. The van der Waals surface area contributed by atoms with Gasteiger partial charge in [-0.25, -0.2) is 0 Å². The molecule has 0 spiro atoms. The molecule has 2 aromatic carbocycles. The van der Waals surface area contributed by atoms with E-state index in [9.17, 15) is 4.79 Å². The molecular formula is C18H17NO. The molecule has 0 bridgehead atoms. The number of benzene rings is 2. The van der Waals surface area contributed by atoms with Gasteiger partial charge in [0, 0.05) is 29.2 Å². The van der Waals surface area contributed by atoms with E-state index in [1.807, 2.05) is 24.4 Å². The number of para-hydroxylation sites is 1. The second-order valence-electron chi connectivity index (χ2n) is 5.23. The van der Waals surface area contributed by atoms with Crippen LogP contribution in [0.15, 0.2) is 54.7 Å². The average Bonchev–Trinajstić information content (AvgIpc) is 2.78. The van der Waals surface area contributed by atoms with Gasteiger partial charge in [0.25, 0.3) is 0 Å². The molecule has 1 heterocycles. The van der Waals surface area contributed by atoms with Gasteiger partial charge in [-0.15, -0.1) is 0 Å². The fourth-order valence-corrected chi connectivity index (χ4v) is 2.67. The van der Waals surface area contributed by atoms with Crippen LogP contribution in [0.4, 0.5) is 0 Å². The lowest BCUT2D eigenvalue weighted by molar-refractivity contribution is 0.101. The second kappa shape index (κ2) is 4.97. The molecule has 0 atom stereocenters. The van der Waals surface area contributed by atoms with Gasteiger partial charge in [-0.2, -0.15) is 0 Å². The van der Waals surface area contributed by atoms with Gasteiger partial charge in [0.15, 0.2) is 5.78 Å². The number of nitrogens with zero attached hydrogens (tertiary/aromatic N) is 1. The largest absolute Gasteiger partial charge is 0.342 e. The van der Waals surface area contributed by atoms with Crippen LogP contribution in [0.3, 0.4) is 0 Å². The van der Waals surface area contributed by atoms with Crippen LogP contribution in [0.5, 0.6) is 0 Å². The third-order valence-electron chi connectivity index (χ3n) is 3.60. The third-order valence-corrected chi connectivity index (χ3v) is 3.60. The van der Waals surface area contributed by atoms with Crippen molar-refractivity contribution < 1.29 is 4.79 Å². The molecule has 0 aliphatic heterocycles. The molecule has 0 unspecified atom stereocenters. The van der Waals surface area contributed by atoms with Gasteiger partial charge in [-0.3, -0.25) is 4.79 Å². The highest BCUT2D eigenvalue weighted by atomic mass is 16.1. The minimum absolute atomic E-state index is 0.115. The van der Waals surface area contributed by atoms with E-state index in [-0.39, 0.29) is 5.78 Å². The van der Waals surface area contributed by atoms with Gasteiger partial charge in [0.05, 0.1) is 0 Å². The van der Waals surface area contributed by atoms with Crippen LogP contribution in [-0.4, -0.2) is 10.4 Å². The quantitative estimate of drug-likeness (QED) is 0.649. The van der Waals surface area contributed by atoms with Crippen molar-refractivity contribution in [2.75, 3.05) is 0 Å². The Morgan fingerprint density at radius 1 is 1.10 bits per heavy atom. The first kappa shape index (κ1) is 12.7. The highest BCUT2D eigenvalue weighted by Gasteiger charge is 2.11. The monoisotopic (exact) mass is 263 g/mol. The minimum Gasteiger partial charge on any atom is -0.342 e. The van der Waals surface area contributed by atoms with E-state index in [0.29, 0.717) is 0 Å². The zero-order valence-electron chi connectivity index (χ0n) is 11.8. The molecular weight excluding hydrogens is 246 g/mol. The molecule has 0 aliphatic rings. The number of carbonyl (C=O) groups excluding carboxylic acids is 1. The summed E-state index contributed by atoms with van der Waals surface area (Å²) in [6, 6.07) is 16.5. The SMILES string of the molecule is CC(=O)c1cn(Cc2cccc(C)c2)c2ccccc12. The van der Waals surface area contributed by atoms with E-state index in [4.69, 9.17) is 0 Å². The number of hydrogen-bond acceptors (Lipinski definition) is 1. The Kier molecular flexibility index (Phi) is 3.15. The van der Waals surface area contributed by atoms with Gasteiger partial charge in [0.2, 0.25) is 0 Å². The predicted octanol–water partition coefficient (Wildman–Crippen LogP) is 4.20. The van der Waals surface area contributed by atoms with Crippen LogP contribution < -0.4 is 0 Å². The number of hydrogen-bond donors (Lipinski definition) is 0. The topological polar surface area (TPSA) is 22.0 Å². The molecule has 0 amide bonds. The molecule has 3 aromatic rings. The molecule has 0 saturated heterocycles. The van der Waals surface area contributed by atoms with Crippen molar-refractivity contribution in [1.29, 1.82) is 0 Å². The summed E-state index contributed by atoms with van der Waals surface area (Å²) in [6.07, 6.45) is 1.97. The summed E-state index contributed by atoms with van der Waals surface area (Å²) in [5, 5.41) is 1.03. The van der Waals surface area contributed by atoms with Crippen molar-refractivity contribution in [3.05, 3.63) is 71.4 Å². The Hall–Kier alpha value is -2.35. The maximum absolute atomic E-state index is 11.8. The van der Waals surface area contributed by atoms with Crippen LogP contribution in [0.1, 0.15) is 28.4 Å². The molecule has 0 aliphatic carbocycles. The summed E-state index contributed by atoms with van der Waals surface area (Å²) in [5.74, 6) is 0.115. The number of ketones is 1. The lowest BCUT2D eigenvalue weighted by atomic mass is 10.1. The normalized spacial score (nSPS) is 10.9. The fraction of sp³-hybridized carbons (Fsp3) is 0.167. The van der Waals surface area contributed by atoms with Crippen molar-refractivity contribution in [3.63, 3.8) is 0 Å². The van der Waals surface area contributed by atoms with E-state index in [0.717, 1.165) is 23.0 Å². The van der Waals surface area contributed by atoms with Crippen LogP contribution in [-0.2, 0) is 6.54 Å². The van der Waals surface area contributed by atoms with E-state index in [1.54, 1.807) is 6.92 Å². The maximum Gasteiger partial charge on any atom is 0.161 e. The molecule has 0 fully saturated rings. The van der Waals surface area contributed by atoms with E-state index >= 15 is 0 Å². The fourth-order valence-electron chi connectivity index (χ4n) is 2.67. The molecule has 20 heavy (non-hydrogen) atoms. The molecule has 100 valence electrons. The molecule has 2 nitrogen and oxygen atoms in total. The number of rotatable bonds is 3. The lowest BCUT2D eigenvalue weighted by Gasteiger charge is -2.06. The zero-order chi connectivity index (χ0) is 14.1. The van der Waals surface area contributed by atoms with Gasteiger partial charge in [-0.1, -0.05) is 48.0 Å². The van der Waals surface area contributed by atoms with Gasteiger partial charge in [0.1, 0.15) is 0 Å². The number of fused-ring (bicyclic) bond motifs is 1. The number of aryl methyl sites for hydroxylation is 1. The van der Waals surface area contributed by atoms with Gasteiger partial charge < -0.3 is 4.57 Å². The summed E-state index contributed by atoms with van der Waals surface area (Å²) in [6.45, 7) is 4.51. The molecule has 0 N–H and O–H groups in total. The Balaban J connectivity index is 2.10. The highest BCUT2D eigenvalue weighted by Crippen LogP contribution is 2.23. The van der Waals surface area contributed by atoms with Crippen molar-refractivity contribution in [2.24, 2.45) is 0 Å². The summed E-state index contributed by atoms with van der Waals surface area (Å²) in [7, 11) is 0. The van der Waals surface area contributed by atoms with Crippen molar-refractivity contribution in [1.82, 2.24) is 4.57 Å². The third kappa shape index (κ3) is 2.25.